The van der Waals surface area contributed by atoms with Gasteiger partial charge in [-0.2, -0.15) is 0 Å². The maximum Gasteiger partial charge on any atom is 0.267 e. The fourth-order valence-corrected chi connectivity index (χ4v) is 4.59. The minimum absolute atomic E-state index is 0.0476. The Bertz CT molecular complexity index is 1120. The van der Waals surface area contributed by atoms with Crippen LogP contribution in [0.5, 0.6) is 5.88 Å². The van der Waals surface area contributed by atoms with Crippen LogP contribution in [0, 0.1) is 18.2 Å². The van der Waals surface area contributed by atoms with Crippen LogP contribution in [0.1, 0.15) is 55.5 Å². The second kappa shape index (κ2) is 8.74. The fourth-order valence-electron chi connectivity index (χ4n) is 3.94. The number of halogens is 2. The zero-order valence-corrected chi connectivity index (χ0v) is 19.5. The standard InChI is InChI=1S/C22H26ClFN2O4S/c1-13-8-17(20(27)26-31(4,28)29)19(24)10-16(13)14-9-18(23)21(25-12-14)30-15-6-5-7-22(2,3)11-15/h8-10,12,15H,5-7,11H2,1-4H3,(H,26,27)/t15-/m1/s1. The summed E-state index contributed by atoms with van der Waals surface area (Å²) in [6, 6.07) is 4.12. The molecule has 1 atom stereocenters. The smallest absolute Gasteiger partial charge is 0.267 e. The molecule has 1 aromatic carbocycles. The van der Waals surface area contributed by atoms with Crippen LogP contribution in [0.2, 0.25) is 5.02 Å². The number of ether oxygens (including phenoxy) is 1. The molecule has 1 N–H and O–H groups in total. The number of hydrogen-bond acceptors (Lipinski definition) is 5. The first-order valence-electron chi connectivity index (χ1n) is 9.99. The number of rotatable bonds is 5. The SMILES string of the molecule is Cc1cc(C(=O)NS(C)(=O)=O)c(F)cc1-c1cnc(O[C@@H]2CCCC(C)(C)C2)c(Cl)c1. The van der Waals surface area contributed by atoms with Gasteiger partial charge in [-0.3, -0.25) is 4.79 Å². The van der Waals surface area contributed by atoms with Gasteiger partial charge in [0.15, 0.2) is 0 Å². The molecule has 1 fully saturated rings. The molecule has 1 heterocycles. The summed E-state index contributed by atoms with van der Waals surface area (Å²) in [6.07, 6.45) is 6.55. The summed E-state index contributed by atoms with van der Waals surface area (Å²) in [7, 11) is -3.80. The number of aromatic nitrogens is 1. The Morgan fingerprint density at radius 1 is 1.32 bits per heavy atom. The van der Waals surface area contributed by atoms with Crippen molar-refractivity contribution in [3.05, 3.63) is 46.4 Å². The van der Waals surface area contributed by atoms with E-state index in [0.717, 1.165) is 31.9 Å². The highest BCUT2D eigenvalue weighted by Gasteiger charge is 2.30. The van der Waals surface area contributed by atoms with Crippen LogP contribution in [0.15, 0.2) is 24.4 Å². The van der Waals surface area contributed by atoms with Crippen molar-refractivity contribution < 1.29 is 22.3 Å². The first-order chi connectivity index (χ1) is 14.3. The average Bonchev–Trinajstić information content (AvgIpc) is 2.62. The third-order valence-electron chi connectivity index (χ3n) is 5.39. The number of nitrogens with zero attached hydrogens (tertiary/aromatic N) is 1. The topological polar surface area (TPSA) is 85.4 Å². The highest BCUT2D eigenvalue weighted by molar-refractivity contribution is 7.89. The van der Waals surface area contributed by atoms with Gasteiger partial charge in [0.25, 0.3) is 5.91 Å². The molecule has 3 rings (SSSR count). The summed E-state index contributed by atoms with van der Waals surface area (Å²) >= 11 is 6.40. The zero-order chi connectivity index (χ0) is 23.0. The molecule has 6 nitrogen and oxygen atoms in total. The first kappa shape index (κ1) is 23.5. The Hall–Kier alpha value is -2.19. The number of benzene rings is 1. The molecule has 1 aromatic heterocycles. The molecule has 0 bridgehead atoms. The van der Waals surface area contributed by atoms with Gasteiger partial charge in [-0.1, -0.05) is 25.4 Å². The van der Waals surface area contributed by atoms with Crippen molar-refractivity contribution >= 4 is 27.5 Å². The van der Waals surface area contributed by atoms with E-state index < -0.39 is 21.7 Å². The fraction of sp³-hybridized carbons (Fsp3) is 0.455. The Balaban J connectivity index is 1.84. The molecule has 1 saturated carbocycles. The molecule has 168 valence electrons. The van der Waals surface area contributed by atoms with E-state index in [1.807, 2.05) is 0 Å². The molecule has 0 aliphatic heterocycles. The molecule has 0 unspecified atom stereocenters. The number of amides is 1. The van der Waals surface area contributed by atoms with Crippen LogP contribution in [0.25, 0.3) is 11.1 Å². The van der Waals surface area contributed by atoms with E-state index in [0.29, 0.717) is 27.6 Å². The Labute approximate surface area is 187 Å². The summed E-state index contributed by atoms with van der Waals surface area (Å²) in [5.74, 6) is -1.53. The maximum atomic E-state index is 14.6. The third kappa shape index (κ3) is 5.95. The number of hydrogen-bond donors (Lipinski definition) is 1. The van der Waals surface area contributed by atoms with Gasteiger partial charge in [-0.05, 0) is 67.3 Å². The van der Waals surface area contributed by atoms with Crippen LogP contribution in [-0.4, -0.2) is 31.7 Å². The number of carbonyl (C=O) groups is 1. The summed E-state index contributed by atoms with van der Waals surface area (Å²) in [6.45, 7) is 6.13. The van der Waals surface area contributed by atoms with E-state index in [9.17, 15) is 17.6 Å². The lowest BCUT2D eigenvalue weighted by Gasteiger charge is -2.35. The van der Waals surface area contributed by atoms with Crippen LogP contribution in [0.3, 0.4) is 0 Å². The predicted molar refractivity (Wildman–Crippen MR) is 118 cm³/mol. The molecule has 0 radical (unpaired) electrons. The van der Waals surface area contributed by atoms with Gasteiger partial charge in [0.1, 0.15) is 16.9 Å². The van der Waals surface area contributed by atoms with Crippen molar-refractivity contribution in [1.29, 1.82) is 0 Å². The molecule has 2 aromatic rings. The summed E-state index contributed by atoms with van der Waals surface area (Å²) in [4.78, 5) is 16.4. The number of nitrogens with one attached hydrogen (secondary N) is 1. The van der Waals surface area contributed by atoms with Crippen LogP contribution in [-0.2, 0) is 10.0 Å². The quantitative estimate of drug-likeness (QED) is 0.675. The lowest BCUT2D eigenvalue weighted by atomic mass is 9.76. The van der Waals surface area contributed by atoms with Crippen molar-refractivity contribution in [2.75, 3.05) is 6.26 Å². The Morgan fingerprint density at radius 2 is 2.03 bits per heavy atom. The molecular formula is C22H26ClFN2O4S. The van der Waals surface area contributed by atoms with Crippen molar-refractivity contribution in [3.8, 4) is 17.0 Å². The molecule has 1 aliphatic carbocycles. The molecule has 31 heavy (non-hydrogen) atoms. The third-order valence-corrected chi connectivity index (χ3v) is 6.22. The predicted octanol–water partition coefficient (Wildman–Crippen LogP) is 4.89. The minimum Gasteiger partial charge on any atom is -0.473 e. The van der Waals surface area contributed by atoms with Gasteiger partial charge in [0, 0.05) is 11.8 Å². The van der Waals surface area contributed by atoms with Gasteiger partial charge in [0.2, 0.25) is 15.9 Å². The van der Waals surface area contributed by atoms with Gasteiger partial charge in [-0.15, -0.1) is 0 Å². The van der Waals surface area contributed by atoms with Crippen LogP contribution >= 0.6 is 11.6 Å². The monoisotopic (exact) mass is 468 g/mol. The van der Waals surface area contributed by atoms with Gasteiger partial charge < -0.3 is 4.74 Å². The second-order valence-corrected chi connectivity index (χ2v) is 11.0. The van der Waals surface area contributed by atoms with Crippen LogP contribution in [0.4, 0.5) is 4.39 Å². The van der Waals surface area contributed by atoms with Crippen molar-refractivity contribution in [2.24, 2.45) is 5.41 Å². The lowest BCUT2D eigenvalue weighted by molar-refractivity contribution is 0.0815. The van der Waals surface area contributed by atoms with E-state index >= 15 is 0 Å². The maximum absolute atomic E-state index is 14.6. The van der Waals surface area contributed by atoms with Crippen molar-refractivity contribution in [3.63, 3.8) is 0 Å². The van der Waals surface area contributed by atoms with E-state index in [1.54, 1.807) is 23.9 Å². The molecular weight excluding hydrogens is 443 g/mol. The number of carbonyl (C=O) groups excluding carboxylic acids is 1. The summed E-state index contributed by atoms with van der Waals surface area (Å²) in [5, 5.41) is 0.319. The van der Waals surface area contributed by atoms with E-state index in [-0.39, 0.29) is 17.1 Å². The lowest BCUT2D eigenvalue weighted by Crippen LogP contribution is -2.30. The van der Waals surface area contributed by atoms with E-state index in [1.165, 1.54) is 12.1 Å². The molecule has 1 amide bonds. The van der Waals surface area contributed by atoms with E-state index in [2.05, 4.69) is 18.8 Å². The van der Waals surface area contributed by atoms with Gasteiger partial charge >= 0.3 is 0 Å². The van der Waals surface area contributed by atoms with E-state index in [4.69, 9.17) is 16.3 Å². The molecule has 0 spiro atoms. The van der Waals surface area contributed by atoms with Gasteiger partial charge in [-0.25, -0.2) is 22.5 Å². The molecule has 0 saturated heterocycles. The average molecular weight is 469 g/mol. The number of aryl methyl sites for hydroxylation is 1. The number of sulfonamides is 1. The second-order valence-electron chi connectivity index (χ2n) is 8.86. The zero-order valence-electron chi connectivity index (χ0n) is 18.0. The van der Waals surface area contributed by atoms with Gasteiger partial charge in [0.05, 0.1) is 11.8 Å². The first-order valence-corrected chi connectivity index (χ1v) is 12.3. The number of pyridine rings is 1. The normalized spacial score (nSPS) is 18.5. The Morgan fingerprint density at radius 3 is 2.65 bits per heavy atom. The molecule has 1 aliphatic rings. The van der Waals surface area contributed by atoms with Crippen LogP contribution < -0.4 is 9.46 Å². The minimum atomic E-state index is -3.80. The Kier molecular flexibility index (Phi) is 6.62. The summed E-state index contributed by atoms with van der Waals surface area (Å²) < 4.78 is 44.9. The largest absolute Gasteiger partial charge is 0.473 e. The van der Waals surface area contributed by atoms with Crippen molar-refractivity contribution in [1.82, 2.24) is 9.71 Å². The summed E-state index contributed by atoms with van der Waals surface area (Å²) in [5.41, 5.74) is 1.49. The van der Waals surface area contributed by atoms with Crippen molar-refractivity contribution in [2.45, 2.75) is 52.6 Å². The highest BCUT2D eigenvalue weighted by Crippen LogP contribution is 2.38. The highest BCUT2D eigenvalue weighted by atomic mass is 35.5. The molecule has 9 heteroatoms.